The number of hydrogen-bond donors (Lipinski definition) is 2. The van der Waals surface area contributed by atoms with Gasteiger partial charge in [-0.25, -0.2) is 0 Å². The van der Waals surface area contributed by atoms with E-state index in [1.807, 2.05) is 60.7 Å². The van der Waals surface area contributed by atoms with Crippen LogP contribution in [-0.2, 0) is 11.4 Å². The molecule has 0 bridgehead atoms. The number of ether oxygens (including phenoxy) is 1. The average molecular weight is 334 g/mol. The van der Waals surface area contributed by atoms with Gasteiger partial charge in [0.15, 0.2) is 0 Å². The third-order valence-electron chi connectivity index (χ3n) is 3.75. The highest BCUT2D eigenvalue weighted by Crippen LogP contribution is 2.27. The molecule has 3 aromatic rings. The molecule has 0 saturated heterocycles. The van der Waals surface area contributed by atoms with Crippen LogP contribution in [0.2, 0.25) is 0 Å². The third kappa shape index (κ3) is 4.14. The third-order valence-corrected chi connectivity index (χ3v) is 3.75. The number of hydrogen-bond acceptors (Lipinski definition) is 3. The summed E-state index contributed by atoms with van der Waals surface area (Å²) < 4.78 is 5.88. The Morgan fingerprint density at radius 2 is 1.56 bits per heavy atom. The summed E-state index contributed by atoms with van der Waals surface area (Å²) in [5, 5.41) is 4.39. The monoisotopic (exact) mass is 334 g/mol. The molecular formula is C20H18N2O3. The Balaban J connectivity index is 1.91. The molecule has 5 nitrogen and oxygen atoms in total. The Morgan fingerprint density at radius 1 is 0.920 bits per heavy atom. The second kappa shape index (κ2) is 7.49. The summed E-state index contributed by atoms with van der Waals surface area (Å²) in [6, 6.07) is 21.0. The van der Waals surface area contributed by atoms with Gasteiger partial charge >= 0.3 is 0 Å². The van der Waals surface area contributed by atoms with Crippen LogP contribution in [0.15, 0.2) is 66.7 Å². The lowest BCUT2D eigenvalue weighted by molar-refractivity contribution is -0.117. The molecular weight excluding hydrogens is 316 g/mol. The molecule has 5 heteroatoms. The highest BCUT2D eigenvalue weighted by atomic mass is 16.5. The molecule has 0 atom stereocenters. The second-order valence-corrected chi connectivity index (χ2v) is 5.62. The largest absolute Gasteiger partial charge is 0.488 e. The highest BCUT2D eigenvalue weighted by Gasteiger charge is 2.15. The molecule has 0 radical (unpaired) electrons. The van der Waals surface area contributed by atoms with E-state index in [9.17, 15) is 9.59 Å². The van der Waals surface area contributed by atoms with Gasteiger partial charge in [-0.3, -0.25) is 9.59 Å². The van der Waals surface area contributed by atoms with E-state index >= 15 is 0 Å². The second-order valence-electron chi connectivity index (χ2n) is 5.62. The van der Waals surface area contributed by atoms with Crippen molar-refractivity contribution in [2.45, 2.75) is 6.61 Å². The number of amides is 2. The fraction of sp³-hybridized carbons (Fsp3) is 0.100. The molecule has 0 fully saturated rings. The fourth-order valence-corrected chi connectivity index (χ4v) is 2.51. The lowest BCUT2D eigenvalue weighted by Crippen LogP contribution is -2.33. The van der Waals surface area contributed by atoms with Crippen LogP contribution in [0.25, 0.3) is 10.8 Å². The van der Waals surface area contributed by atoms with E-state index < -0.39 is 11.8 Å². The first-order chi connectivity index (χ1) is 12.1. The molecule has 126 valence electrons. The Labute approximate surface area is 145 Å². The summed E-state index contributed by atoms with van der Waals surface area (Å²) >= 11 is 0. The molecule has 0 aliphatic rings. The van der Waals surface area contributed by atoms with Crippen LogP contribution >= 0.6 is 0 Å². The average Bonchev–Trinajstić information content (AvgIpc) is 2.64. The van der Waals surface area contributed by atoms with Crippen LogP contribution < -0.4 is 15.8 Å². The quantitative estimate of drug-likeness (QED) is 0.727. The molecule has 3 rings (SSSR count). The van der Waals surface area contributed by atoms with Crippen LogP contribution in [0, 0.1) is 0 Å². The predicted octanol–water partition coefficient (Wildman–Crippen LogP) is 2.63. The number of carbonyl (C=O) groups excluding carboxylic acids is 2. The van der Waals surface area contributed by atoms with Crippen molar-refractivity contribution in [1.29, 1.82) is 0 Å². The lowest BCUT2D eigenvalue weighted by atomic mass is 10.1. The minimum absolute atomic E-state index is 0.218. The van der Waals surface area contributed by atoms with Gasteiger partial charge in [0.2, 0.25) is 5.91 Å². The zero-order valence-electron chi connectivity index (χ0n) is 13.6. The molecule has 0 aliphatic heterocycles. The van der Waals surface area contributed by atoms with Crippen LogP contribution in [0.5, 0.6) is 5.75 Å². The predicted molar refractivity (Wildman–Crippen MR) is 96.2 cm³/mol. The van der Waals surface area contributed by atoms with Crippen LogP contribution in [0.1, 0.15) is 15.9 Å². The Morgan fingerprint density at radius 3 is 2.24 bits per heavy atom. The molecule has 3 N–H and O–H groups in total. The first kappa shape index (κ1) is 16.5. The number of nitrogens with one attached hydrogen (secondary N) is 1. The lowest BCUT2D eigenvalue weighted by Gasteiger charge is -2.13. The van der Waals surface area contributed by atoms with E-state index in [1.165, 1.54) is 0 Å². The summed E-state index contributed by atoms with van der Waals surface area (Å²) in [5.41, 5.74) is 6.47. The topological polar surface area (TPSA) is 81.4 Å². The zero-order chi connectivity index (χ0) is 17.6. The number of primary amides is 1. The maximum Gasteiger partial charge on any atom is 0.255 e. The van der Waals surface area contributed by atoms with Crippen molar-refractivity contribution < 1.29 is 14.3 Å². The molecule has 2 amide bonds. The smallest absolute Gasteiger partial charge is 0.255 e. The molecule has 0 aliphatic carbocycles. The standard InChI is InChI=1S/C20H18N2O3/c21-19(23)12-22-20(24)17-10-15-8-4-5-9-16(15)11-18(17)25-13-14-6-2-1-3-7-14/h1-11H,12-13H2,(H2,21,23)(H,22,24). The SMILES string of the molecule is NC(=O)CNC(=O)c1cc2ccccc2cc1OCc1ccccc1. The molecule has 0 spiro atoms. The first-order valence-corrected chi connectivity index (χ1v) is 7.89. The van der Waals surface area contributed by atoms with Crippen molar-refractivity contribution in [3.8, 4) is 5.75 Å². The van der Waals surface area contributed by atoms with Gasteiger partial charge in [0.25, 0.3) is 5.91 Å². The van der Waals surface area contributed by atoms with Gasteiger partial charge in [-0.05, 0) is 28.5 Å². The fourth-order valence-electron chi connectivity index (χ4n) is 2.51. The maximum absolute atomic E-state index is 12.4. The summed E-state index contributed by atoms with van der Waals surface area (Å²) in [6.45, 7) is 0.124. The molecule has 0 heterocycles. The van der Waals surface area contributed by atoms with E-state index in [0.29, 0.717) is 17.9 Å². The van der Waals surface area contributed by atoms with Crippen molar-refractivity contribution in [1.82, 2.24) is 5.32 Å². The van der Waals surface area contributed by atoms with Gasteiger partial charge in [-0.1, -0.05) is 54.6 Å². The van der Waals surface area contributed by atoms with E-state index in [4.69, 9.17) is 10.5 Å². The van der Waals surface area contributed by atoms with Crippen LogP contribution in [0.3, 0.4) is 0 Å². The number of nitrogens with two attached hydrogens (primary N) is 1. The van der Waals surface area contributed by atoms with Gasteiger partial charge in [0.1, 0.15) is 12.4 Å². The van der Waals surface area contributed by atoms with Crippen molar-refractivity contribution in [2.75, 3.05) is 6.54 Å². The van der Waals surface area contributed by atoms with Crippen molar-refractivity contribution in [3.63, 3.8) is 0 Å². The van der Waals surface area contributed by atoms with E-state index in [0.717, 1.165) is 16.3 Å². The van der Waals surface area contributed by atoms with Gasteiger partial charge in [0.05, 0.1) is 12.1 Å². The maximum atomic E-state index is 12.4. The minimum Gasteiger partial charge on any atom is -0.488 e. The number of rotatable bonds is 6. The van der Waals surface area contributed by atoms with E-state index in [2.05, 4.69) is 5.32 Å². The normalized spacial score (nSPS) is 10.4. The highest BCUT2D eigenvalue weighted by molar-refractivity contribution is 6.02. The zero-order valence-corrected chi connectivity index (χ0v) is 13.6. The van der Waals surface area contributed by atoms with E-state index in [1.54, 1.807) is 6.07 Å². The summed E-state index contributed by atoms with van der Waals surface area (Å²) in [7, 11) is 0. The molecule has 0 saturated carbocycles. The number of carbonyl (C=O) groups is 2. The molecule has 0 aromatic heterocycles. The molecule has 25 heavy (non-hydrogen) atoms. The van der Waals surface area contributed by atoms with Crippen molar-refractivity contribution in [2.24, 2.45) is 5.73 Å². The molecule has 0 unspecified atom stereocenters. The molecule has 3 aromatic carbocycles. The summed E-state index contributed by atoms with van der Waals surface area (Å²) in [6.07, 6.45) is 0. The van der Waals surface area contributed by atoms with Gasteiger partial charge < -0.3 is 15.8 Å². The minimum atomic E-state index is -0.596. The Hall–Kier alpha value is -3.34. The first-order valence-electron chi connectivity index (χ1n) is 7.89. The number of fused-ring (bicyclic) bond motifs is 1. The van der Waals surface area contributed by atoms with E-state index in [-0.39, 0.29) is 6.54 Å². The van der Waals surface area contributed by atoms with Crippen LogP contribution in [-0.4, -0.2) is 18.4 Å². The summed E-state index contributed by atoms with van der Waals surface area (Å²) in [4.78, 5) is 23.3. The Bertz CT molecular complexity index is 907. The van der Waals surface area contributed by atoms with Gasteiger partial charge in [-0.2, -0.15) is 0 Å². The summed E-state index contributed by atoms with van der Waals surface area (Å²) in [5.74, 6) is -0.530. The van der Waals surface area contributed by atoms with Gasteiger partial charge in [-0.15, -0.1) is 0 Å². The van der Waals surface area contributed by atoms with Gasteiger partial charge in [0, 0.05) is 0 Å². The van der Waals surface area contributed by atoms with Crippen molar-refractivity contribution >= 4 is 22.6 Å². The Kier molecular flexibility index (Phi) is 4.95. The number of benzene rings is 3. The van der Waals surface area contributed by atoms with Crippen LogP contribution in [0.4, 0.5) is 0 Å². The van der Waals surface area contributed by atoms with Crippen molar-refractivity contribution in [3.05, 3.63) is 77.9 Å².